The second-order valence-electron chi connectivity index (χ2n) is 5.36. The molecule has 0 N–H and O–H groups in total. The molecular weight excluding hydrogens is 260 g/mol. The second-order valence-corrected chi connectivity index (χ2v) is 5.36. The van der Waals surface area contributed by atoms with Crippen molar-refractivity contribution in [2.75, 3.05) is 0 Å². The van der Waals surface area contributed by atoms with Crippen LogP contribution in [0, 0.1) is 0 Å². The van der Waals surface area contributed by atoms with E-state index < -0.39 is 0 Å². The molecule has 4 rings (SSSR count). The maximum atomic E-state index is 5.82. The fourth-order valence-corrected chi connectivity index (χ4v) is 2.85. The van der Waals surface area contributed by atoms with Crippen LogP contribution in [-0.2, 0) is 6.54 Å². The van der Waals surface area contributed by atoms with Crippen LogP contribution in [0.15, 0.2) is 60.7 Å². The van der Waals surface area contributed by atoms with Gasteiger partial charge in [0.05, 0.1) is 12.2 Å². The Morgan fingerprint density at radius 2 is 1.57 bits per heavy atom. The molecule has 1 atom stereocenters. The lowest BCUT2D eigenvalue weighted by atomic mass is 10.0. The highest BCUT2D eigenvalue weighted by molar-refractivity contribution is 5.79. The average molecular weight is 276 g/mol. The largest absolute Gasteiger partial charge is 0.460 e. The Morgan fingerprint density at radius 1 is 0.952 bits per heavy atom. The predicted octanol–water partition coefficient (Wildman–Crippen LogP) is 4.00. The molecule has 2 aromatic carbocycles. The molecule has 3 heteroatoms. The molecule has 1 unspecified atom stereocenters. The Bertz CT molecular complexity index is 763. The van der Waals surface area contributed by atoms with Crippen LogP contribution < -0.4 is 4.74 Å². The molecule has 3 nitrogen and oxygen atoms in total. The Hall–Kier alpha value is -2.55. The van der Waals surface area contributed by atoms with Crippen molar-refractivity contribution in [1.82, 2.24) is 9.55 Å². The number of nitrogens with zero attached hydrogens (tertiary/aromatic N) is 2. The van der Waals surface area contributed by atoms with E-state index in [-0.39, 0.29) is 6.10 Å². The normalized spacial score (nSPS) is 16.5. The van der Waals surface area contributed by atoms with Gasteiger partial charge in [-0.25, -0.2) is 0 Å². The van der Waals surface area contributed by atoms with Gasteiger partial charge < -0.3 is 4.74 Å². The molecule has 0 radical (unpaired) electrons. The van der Waals surface area contributed by atoms with Crippen molar-refractivity contribution in [3.8, 4) is 28.5 Å². The SMILES string of the molecule is CC1Cn2c(nc(-c3ccccc3)c2-c2ccccc2)O1. The summed E-state index contributed by atoms with van der Waals surface area (Å²) in [6.07, 6.45) is 0.180. The number of rotatable bonds is 2. The third-order valence-electron chi connectivity index (χ3n) is 3.77. The number of aromatic nitrogens is 2. The van der Waals surface area contributed by atoms with Gasteiger partial charge in [-0.1, -0.05) is 60.7 Å². The van der Waals surface area contributed by atoms with Gasteiger partial charge in [-0.2, -0.15) is 4.98 Å². The minimum absolute atomic E-state index is 0.180. The molecule has 0 saturated carbocycles. The summed E-state index contributed by atoms with van der Waals surface area (Å²) in [6, 6.07) is 21.4. The molecular formula is C18H16N2O. The van der Waals surface area contributed by atoms with Crippen LogP contribution >= 0.6 is 0 Å². The van der Waals surface area contributed by atoms with Gasteiger partial charge in [0.2, 0.25) is 0 Å². The first kappa shape index (κ1) is 12.2. The highest BCUT2D eigenvalue weighted by atomic mass is 16.5. The van der Waals surface area contributed by atoms with E-state index in [1.807, 2.05) is 24.3 Å². The summed E-state index contributed by atoms with van der Waals surface area (Å²) in [7, 11) is 0. The van der Waals surface area contributed by atoms with Crippen molar-refractivity contribution in [2.45, 2.75) is 19.6 Å². The maximum absolute atomic E-state index is 5.82. The van der Waals surface area contributed by atoms with Crippen LogP contribution in [0.2, 0.25) is 0 Å². The van der Waals surface area contributed by atoms with Crippen LogP contribution in [0.5, 0.6) is 6.01 Å². The molecule has 2 heterocycles. The van der Waals surface area contributed by atoms with E-state index in [0.29, 0.717) is 0 Å². The first-order chi connectivity index (χ1) is 10.3. The predicted molar refractivity (Wildman–Crippen MR) is 83.2 cm³/mol. The molecule has 0 bridgehead atoms. The summed E-state index contributed by atoms with van der Waals surface area (Å²) >= 11 is 0. The second kappa shape index (κ2) is 4.77. The van der Waals surface area contributed by atoms with Crippen molar-refractivity contribution in [1.29, 1.82) is 0 Å². The van der Waals surface area contributed by atoms with Gasteiger partial charge in [-0.3, -0.25) is 4.57 Å². The maximum Gasteiger partial charge on any atom is 0.297 e. The molecule has 21 heavy (non-hydrogen) atoms. The van der Waals surface area contributed by atoms with E-state index in [0.717, 1.165) is 29.5 Å². The molecule has 1 aromatic heterocycles. The molecule has 0 fully saturated rings. The van der Waals surface area contributed by atoms with Gasteiger partial charge in [0.25, 0.3) is 6.01 Å². The Kier molecular flexibility index (Phi) is 2.78. The van der Waals surface area contributed by atoms with Gasteiger partial charge in [-0.15, -0.1) is 0 Å². The Balaban J connectivity index is 1.95. The van der Waals surface area contributed by atoms with Gasteiger partial charge >= 0.3 is 0 Å². The zero-order valence-electron chi connectivity index (χ0n) is 11.9. The quantitative estimate of drug-likeness (QED) is 0.707. The van der Waals surface area contributed by atoms with Crippen LogP contribution in [0.1, 0.15) is 6.92 Å². The third-order valence-corrected chi connectivity index (χ3v) is 3.77. The van der Waals surface area contributed by atoms with E-state index >= 15 is 0 Å². The molecule has 0 saturated heterocycles. The zero-order valence-corrected chi connectivity index (χ0v) is 11.9. The number of imidazole rings is 1. The van der Waals surface area contributed by atoms with E-state index in [1.165, 1.54) is 5.56 Å². The fourth-order valence-electron chi connectivity index (χ4n) is 2.85. The van der Waals surface area contributed by atoms with Crippen LogP contribution in [0.3, 0.4) is 0 Å². The van der Waals surface area contributed by atoms with Gasteiger partial charge in [0.1, 0.15) is 11.8 Å². The molecule has 1 aliphatic rings. The molecule has 1 aliphatic heterocycles. The van der Waals surface area contributed by atoms with E-state index in [4.69, 9.17) is 9.72 Å². The summed E-state index contributed by atoms with van der Waals surface area (Å²) in [5.41, 5.74) is 4.42. The minimum atomic E-state index is 0.180. The number of hydrogen-bond acceptors (Lipinski definition) is 2. The van der Waals surface area contributed by atoms with Crippen LogP contribution in [0.4, 0.5) is 0 Å². The Labute approximate surface area is 123 Å². The topological polar surface area (TPSA) is 27.1 Å². The van der Waals surface area contributed by atoms with Crippen molar-refractivity contribution in [3.63, 3.8) is 0 Å². The molecule has 0 amide bonds. The summed E-state index contributed by atoms with van der Waals surface area (Å²) in [6.45, 7) is 2.92. The van der Waals surface area contributed by atoms with Gasteiger partial charge in [-0.05, 0) is 6.92 Å². The monoisotopic (exact) mass is 276 g/mol. The zero-order chi connectivity index (χ0) is 14.2. The smallest absolute Gasteiger partial charge is 0.297 e. The standard InChI is InChI=1S/C18H16N2O/c1-13-12-20-17(15-10-6-3-7-11-15)16(19-18(20)21-13)14-8-4-2-5-9-14/h2-11,13H,12H2,1H3. The highest BCUT2D eigenvalue weighted by Gasteiger charge is 2.27. The molecule has 3 aromatic rings. The highest BCUT2D eigenvalue weighted by Crippen LogP contribution is 2.38. The minimum Gasteiger partial charge on any atom is -0.460 e. The molecule has 0 spiro atoms. The van der Waals surface area contributed by atoms with Crippen molar-refractivity contribution in [2.24, 2.45) is 0 Å². The van der Waals surface area contributed by atoms with E-state index in [2.05, 4.69) is 47.9 Å². The fraction of sp³-hybridized carbons (Fsp3) is 0.167. The van der Waals surface area contributed by atoms with Crippen LogP contribution in [0.25, 0.3) is 22.5 Å². The van der Waals surface area contributed by atoms with Crippen molar-refractivity contribution >= 4 is 0 Å². The first-order valence-corrected chi connectivity index (χ1v) is 7.21. The van der Waals surface area contributed by atoms with E-state index in [9.17, 15) is 0 Å². The first-order valence-electron chi connectivity index (χ1n) is 7.21. The number of fused-ring (bicyclic) bond motifs is 1. The third kappa shape index (κ3) is 2.02. The lowest BCUT2D eigenvalue weighted by molar-refractivity contribution is 0.246. The average Bonchev–Trinajstić information content (AvgIpc) is 3.05. The number of ether oxygens (including phenoxy) is 1. The Morgan fingerprint density at radius 3 is 2.24 bits per heavy atom. The number of benzene rings is 2. The van der Waals surface area contributed by atoms with E-state index in [1.54, 1.807) is 0 Å². The number of hydrogen-bond donors (Lipinski definition) is 0. The van der Waals surface area contributed by atoms with Gasteiger partial charge in [0.15, 0.2) is 0 Å². The lowest BCUT2D eigenvalue weighted by Gasteiger charge is -2.08. The lowest BCUT2D eigenvalue weighted by Crippen LogP contribution is -2.09. The summed E-state index contributed by atoms with van der Waals surface area (Å²) in [4.78, 5) is 4.73. The summed E-state index contributed by atoms with van der Waals surface area (Å²) in [5.74, 6) is 0. The van der Waals surface area contributed by atoms with Crippen LogP contribution in [-0.4, -0.2) is 15.7 Å². The summed E-state index contributed by atoms with van der Waals surface area (Å²) < 4.78 is 8.01. The van der Waals surface area contributed by atoms with Crippen molar-refractivity contribution < 1.29 is 4.74 Å². The van der Waals surface area contributed by atoms with Gasteiger partial charge in [0, 0.05) is 11.1 Å². The van der Waals surface area contributed by atoms with Crippen molar-refractivity contribution in [3.05, 3.63) is 60.7 Å². The molecule has 0 aliphatic carbocycles. The summed E-state index contributed by atoms with van der Waals surface area (Å²) in [5, 5.41) is 0. The molecule has 104 valence electrons.